The van der Waals surface area contributed by atoms with E-state index in [0.29, 0.717) is 18.8 Å². The number of piperazine rings is 1. The summed E-state index contributed by atoms with van der Waals surface area (Å²) in [6.45, 7) is 10.8. The summed E-state index contributed by atoms with van der Waals surface area (Å²) in [5.74, 6) is -1.02. The summed E-state index contributed by atoms with van der Waals surface area (Å²) in [5.41, 5.74) is 5.96. The summed E-state index contributed by atoms with van der Waals surface area (Å²) in [5, 5.41) is 13.9. The minimum absolute atomic E-state index is 0.0498. The minimum Gasteiger partial charge on any atom is -0.480 e. The second-order valence-electron chi connectivity index (χ2n) is 9.20. The standard InChI is InChI=1S/C26H32N4O3/c1-16(2)25(31)28-19-6-7-20-21(15-27-22(20)14-19)24(26(32)33)30-11-9-29(10-12-30)23-8-5-17(3)13-18(23)4/h5-8,13-16,24,27H,9-12H2,1-4H3,(H,28,31)(H,32,33). The first-order valence-electron chi connectivity index (χ1n) is 11.5. The molecule has 0 saturated carbocycles. The van der Waals surface area contributed by atoms with E-state index >= 15 is 0 Å². The van der Waals surface area contributed by atoms with Gasteiger partial charge in [-0.05, 0) is 37.6 Å². The fraction of sp³-hybridized carbons (Fsp3) is 0.385. The zero-order valence-electron chi connectivity index (χ0n) is 19.7. The number of carboxylic acids is 1. The molecule has 7 heteroatoms. The van der Waals surface area contributed by atoms with E-state index in [0.717, 1.165) is 29.6 Å². The molecule has 1 atom stereocenters. The van der Waals surface area contributed by atoms with Crippen LogP contribution in [0.3, 0.4) is 0 Å². The van der Waals surface area contributed by atoms with Crippen molar-refractivity contribution < 1.29 is 14.7 Å². The maximum atomic E-state index is 12.3. The molecule has 1 saturated heterocycles. The highest BCUT2D eigenvalue weighted by Gasteiger charge is 2.32. The third-order valence-electron chi connectivity index (χ3n) is 6.41. The van der Waals surface area contributed by atoms with Crippen LogP contribution in [-0.4, -0.2) is 53.0 Å². The number of aliphatic carboxylic acids is 1. The number of aromatic amines is 1. The molecule has 174 valence electrons. The molecule has 1 fully saturated rings. The molecule has 1 aliphatic rings. The molecule has 1 amide bonds. The zero-order chi connectivity index (χ0) is 23.7. The number of amides is 1. The summed E-state index contributed by atoms with van der Waals surface area (Å²) in [6, 6.07) is 11.3. The van der Waals surface area contributed by atoms with Crippen molar-refractivity contribution in [2.24, 2.45) is 5.92 Å². The fourth-order valence-electron chi connectivity index (χ4n) is 4.61. The van der Waals surface area contributed by atoms with Gasteiger partial charge >= 0.3 is 5.97 Å². The number of carboxylic acid groups (broad SMARTS) is 1. The highest BCUT2D eigenvalue weighted by Crippen LogP contribution is 2.32. The van der Waals surface area contributed by atoms with E-state index < -0.39 is 12.0 Å². The third-order valence-corrected chi connectivity index (χ3v) is 6.41. The molecule has 2 heterocycles. The average molecular weight is 449 g/mol. The molecule has 0 spiro atoms. The number of aromatic nitrogens is 1. The summed E-state index contributed by atoms with van der Waals surface area (Å²) >= 11 is 0. The maximum absolute atomic E-state index is 12.3. The second kappa shape index (κ2) is 9.27. The van der Waals surface area contributed by atoms with Gasteiger partial charge in [0.25, 0.3) is 0 Å². The lowest BCUT2D eigenvalue weighted by Crippen LogP contribution is -2.49. The first-order valence-corrected chi connectivity index (χ1v) is 11.5. The SMILES string of the molecule is Cc1ccc(N2CCN(C(C(=O)O)c3c[nH]c4cc(NC(=O)C(C)C)ccc34)CC2)c(C)c1. The Balaban J connectivity index is 1.53. The van der Waals surface area contributed by atoms with Crippen LogP contribution in [-0.2, 0) is 9.59 Å². The Morgan fingerprint density at radius 2 is 1.76 bits per heavy atom. The van der Waals surface area contributed by atoms with Gasteiger partial charge in [0.1, 0.15) is 6.04 Å². The molecular weight excluding hydrogens is 416 g/mol. The zero-order valence-corrected chi connectivity index (χ0v) is 19.7. The molecule has 1 unspecified atom stereocenters. The van der Waals surface area contributed by atoms with Crippen molar-refractivity contribution in [3.05, 3.63) is 59.3 Å². The minimum atomic E-state index is -0.854. The van der Waals surface area contributed by atoms with Crippen LogP contribution in [0.5, 0.6) is 0 Å². The lowest BCUT2D eigenvalue weighted by molar-refractivity contribution is -0.143. The smallest absolute Gasteiger partial charge is 0.325 e. The number of hydrogen-bond donors (Lipinski definition) is 3. The molecule has 1 aromatic heterocycles. The number of carbonyl (C=O) groups excluding carboxylic acids is 1. The van der Waals surface area contributed by atoms with Gasteiger partial charge in [0.05, 0.1) is 0 Å². The fourth-order valence-corrected chi connectivity index (χ4v) is 4.61. The van der Waals surface area contributed by atoms with Crippen LogP contribution in [0.4, 0.5) is 11.4 Å². The molecule has 0 bridgehead atoms. The van der Waals surface area contributed by atoms with Crippen LogP contribution < -0.4 is 10.2 Å². The van der Waals surface area contributed by atoms with Crippen LogP contribution in [0.15, 0.2) is 42.6 Å². The maximum Gasteiger partial charge on any atom is 0.325 e. The van der Waals surface area contributed by atoms with Gasteiger partial charge < -0.3 is 20.3 Å². The molecule has 3 N–H and O–H groups in total. The largest absolute Gasteiger partial charge is 0.480 e. The van der Waals surface area contributed by atoms with E-state index in [-0.39, 0.29) is 11.8 Å². The molecule has 2 aromatic carbocycles. The highest BCUT2D eigenvalue weighted by atomic mass is 16.4. The van der Waals surface area contributed by atoms with Crippen molar-refractivity contribution in [2.75, 3.05) is 36.4 Å². The number of H-pyrrole nitrogens is 1. The van der Waals surface area contributed by atoms with Crippen LogP contribution in [0.25, 0.3) is 10.9 Å². The molecule has 1 aliphatic heterocycles. The van der Waals surface area contributed by atoms with Gasteiger partial charge in [-0.2, -0.15) is 0 Å². The number of nitrogens with one attached hydrogen (secondary N) is 2. The van der Waals surface area contributed by atoms with Gasteiger partial charge in [-0.1, -0.05) is 37.6 Å². The van der Waals surface area contributed by atoms with Gasteiger partial charge in [0, 0.05) is 66.1 Å². The summed E-state index contributed by atoms with van der Waals surface area (Å²) in [6.07, 6.45) is 1.79. The molecule has 4 rings (SSSR count). The molecule has 33 heavy (non-hydrogen) atoms. The van der Waals surface area contributed by atoms with E-state index in [9.17, 15) is 14.7 Å². The first kappa shape index (κ1) is 22.9. The number of fused-ring (bicyclic) bond motifs is 1. The first-order chi connectivity index (χ1) is 15.7. The Morgan fingerprint density at radius 3 is 2.39 bits per heavy atom. The lowest BCUT2D eigenvalue weighted by atomic mass is 10.0. The number of hydrogen-bond acceptors (Lipinski definition) is 4. The molecule has 7 nitrogen and oxygen atoms in total. The Bertz CT molecular complexity index is 1180. The van der Waals surface area contributed by atoms with Crippen molar-refractivity contribution >= 4 is 34.2 Å². The van der Waals surface area contributed by atoms with Crippen LogP contribution in [0, 0.1) is 19.8 Å². The quantitative estimate of drug-likeness (QED) is 0.522. The predicted molar refractivity (Wildman–Crippen MR) is 132 cm³/mol. The normalized spacial score (nSPS) is 15.7. The highest BCUT2D eigenvalue weighted by molar-refractivity contribution is 5.96. The average Bonchev–Trinajstić information content (AvgIpc) is 3.17. The number of rotatable bonds is 6. The van der Waals surface area contributed by atoms with Crippen LogP contribution >= 0.6 is 0 Å². The van der Waals surface area contributed by atoms with Gasteiger partial charge in [0.15, 0.2) is 0 Å². The van der Waals surface area contributed by atoms with Crippen molar-refractivity contribution in [1.82, 2.24) is 9.88 Å². The van der Waals surface area contributed by atoms with E-state index in [4.69, 9.17) is 0 Å². The molecule has 0 aliphatic carbocycles. The molecule has 3 aromatic rings. The van der Waals surface area contributed by atoms with Crippen molar-refractivity contribution in [3.63, 3.8) is 0 Å². The number of nitrogens with zero attached hydrogens (tertiary/aromatic N) is 2. The van der Waals surface area contributed by atoms with E-state index in [2.05, 4.69) is 47.2 Å². The third kappa shape index (κ3) is 4.73. The summed E-state index contributed by atoms with van der Waals surface area (Å²) < 4.78 is 0. The van der Waals surface area contributed by atoms with Gasteiger partial charge in [-0.15, -0.1) is 0 Å². The van der Waals surface area contributed by atoms with Gasteiger partial charge in [0.2, 0.25) is 5.91 Å². The van der Waals surface area contributed by atoms with Crippen LogP contribution in [0.1, 0.15) is 36.6 Å². The van der Waals surface area contributed by atoms with Crippen LogP contribution in [0.2, 0.25) is 0 Å². The monoisotopic (exact) mass is 448 g/mol. The van der Waals surface area contributed by atoms with E-state index in [1.807, 2.05) is 36.9 Å². The van der Waals surface area contributed by atoms with Gasteiger partial charge in [-0.3, -0.25) is 14.5 Å². The number of carbonyl (C=O) groups is 2. The van der Waals surface area contributed by atoms with E-state index in [1.54, 1.807) is 6.20 Å². The summed E-state index contributed by atoms with van der Waals surface area (Å²) in [7, 11) is 0. The molecular formula is C26H32N4O3. The summed E-state index contributed by atoms with van der Waals surface area (Å²) in [4.78, 5) is 31.9. The second-order valence-corrected chi connectivity index (χ2v) is 9.20. The Hall–Kier alpha value is -3.32. The van der Waals surface area contributed by atoms with Crippen molar-refractivity contribution in [2.45, 2.75) is 33.7 Å². The Morgan fingerprint density at radius 1 is 1.03 bits per heavy atom. The van der Waals surface area contributed by atoms with Gasteiger partial charge in [-0.25, -0.2) is 0 Å². The number of benzene rings is 2. The number of anilines is 2. The Labute approximate surface area is 194 Å². The predicted octanol–water partition coefficient (Wildman–Crippen LogP) is 4.33. The topological polar surface area (TPSA) is 88.7 Å². The number of aryl methyl sites for hydroxylation is 2. The molecule has 0 radical (unpaired) electrons. The van der Waals surface area contributed by atoms with Crippen molar-refractivity contribution in [3.8, 4) is 0 Å². The van der Waals surface area contributed by atoms with E-state index in [1.165, 1.54) is 16.8 Å². The Kier molecular flexibility index (Phi) is 6.42. The van der Waals surface area contributed by atoms with Crippen molar-refractivity contribution in [1.29, 1.82) is 0 Å². The lowest BCUT2D eigenvalue weighted by Gasteiger charge is -2.39.